The fourth-order valence-electron chi connectivity index (χ4n) is 3.86. The summed E-state index contributed by atoms with van der Waals surface area (Å²) in [6.07, 6.45) is 0. The molecule has 2 N–H and O–H groups in total. The highest BCUT2D eigenvalue weighted by molar-refractivity contribution is 6.34. The molecular weight excluding hydrogens is 432 g/mol. The molecule has 9 heteroatoms. The van der Waals surface area contributed by atoms with Crippen LogP contribution < -0.4 is 15.4 Å². The van der Waals surface area contributed by atoms with E-state index >= 15 is 0 Å². The van der Waals surface area contributed by atoms with Crippen LogP contribution in [0.15, 0.2) is 42.5 Å². The maximum Gasteiger partial charge on any atom is 0.238 e. The van der Waals surface area contributed by atoms with E-state index in [2.05, 4.69) is 10.6 Å². The molecule has 0 aromatic heterocycles. The monoisotopic (exact) mass is 458 g/mol. The van der Waals surface area contributed by atoms with Crippen molar-refractivity contribution in [2.24, 2.45) is 0 Å². The molecule has 2 aromatic carbocycles. The average molecular weight is 459 g/mol. The number of benzene rings is 2. The number of halogens is 1. The lowest BCUT2D eigenvalue weighted by Crippen LogP contribution is -2.51. The highest BCUT2D eigenvalue weighted by Crippen LogP contribution is 2.32. The van der Waals surface area contributed by atoms with Crippen LogP contribution in [-0.4, -0.2) is 60.8 Å². The summed E-state index contributed by atoms with van der Waals surface area (Å²) in [7, 11) is 1.60. The zero-order chi connectivity index (χ0) is 23.3. The predicted molar refractivity (Wildman–Crippen MR) is 124 cm³/mol. The van der Waals surface area contributed by atoms with Crippen molar-refractivity contribution in [2.45, 2.75) is 19.9 Å². The smallest absolute Gasteiger partial charge is 0.238 e. The summed E-state index contributed by atoms with van der Waals surface area (Å²) in [5.74, 6) is 0.276. The number of rotatable bonds is 6. The van der Waals surface area contributed by atoms with Crippen LogP contribution in [0.3, 0.4) is 0 Å². The molecule has 2 aromatic rings. The third-order valence-electron chi connectivity index (χ3n) is 5.30. The van der Waals surface area contributed by atoms with E-state index in [1.807, 2.05) is 34.1 Å². The van der Waals surface area contributed by atoms with E-state index in [-0.39, 0.29) is 30.3 Å². The Hall–Kier alpha value is -3.10. The molecule has 0 unspecified atom stereocenters. The molecule has 32 heavy (non-hydrogen) atoms. The van der Waals surface area contributed by atoms with Crippen molar-refractivity contribution in [1.29, 1.82) is 0 Å². The molecule has 0 aliphatic carbocycles. The number of carbonyl (C=O) groups excluding carboxylic acids is 3. The molecule has 1 atom stereocenters. The Balaban J connectivity index is 1.69. The van der Waals surface area contributed by atoms with Gasteiger partial charge in [-0.1, -0.05) is 29.8 Å². The van der Waals surface area contributed by atoms with Crippen LogP contribution in [0.25, 0.3) is 0 Å². The molecule has 3 rings (SSSR count). The number of nitrogens with zero attached hydrogens (tertiary/aromatic N) is 2. The van der Waals surface area contributed by atoms with Crippen molar-refractivity contribution in [3.8, 4) is 5.75 Å². The number of nitrogens with one attached hydrogen (secondary N) is 2. The first-order valence-corrected chi connectivity index (χ1v) is 10.7. The van der Waals surface area contributed by atoms with Gasteiger partial charge in [0, 0.05) is 44.7 Å². The second-order valence-corrected chi connectivity index (χ2v) is 8.04. The minimum atomic E-state index is -0.217. The second kappa shape index (κ2) is 10.5. The third-order valence-corrected chi connectivity index (χ3v) is 5.61. The van der Waals surface area contributed by atoms with Crippen molar-refractivity contribution < 1.29 is 19.1 Å². The summed E-state index contributed by atoms with van der Waals surface area (Å²) in [4.78, 5) is 39.9. The third kappa shape index (κ3) is 5.77. The van der Waals surface area contributed by atoms with Gasteiger partial charge in [0.2, 0.25) is 17.7 Å². The summed E-state index contributed by atoms with van der Waals surface area (Å²) >= 11 is 6.25. The Labute approximate surface area is 192 Å². The molecule has 3 amide bonds. The number of amides is 3. The number of carbonyl (C=O) groups is 3. The van der Waals surface area contributed by atoms with Crippen LogP contribution in [-0.2, 0) is 14.4 Å². The fraction of sp³-hybridized carbons (Fsp3) is 0.348. The lowest BCUT2D eigenvalue weighted by Gasteiger charge is -2.41. The number of anilines is 2. The number of piperazine rings is 1. The van der Waals surface area contributed by atoms with Gasteiger partial charge < -0.3 is 20.3 Å². The lowest BCUT2D eigenvalue weighted by atomic mass is 10.0. The first kappa shape index (κ1) is 23.6. The van der Waals surface area contributed by atoms with E-state index in [4.69, 9.17) is 16.3 Å². The highest BCUT2D eigenvalue weighted by Gasteiger charge is 2.32. The van der Waals surface area contributed by atoms with E-state index < -0.39 is 0 Å². The van der Waals surface area contributed by atoms with E-state index in [1.165, 1.54) is 6.92 Å². The van der Waals surface area contributed by atoms with Crippen molar-refractivity contribution >= 4 is 40.7 Å². The van der Waals surface area contributed by atoms with E-state index in [1.54, 1.807) is 32.2 Å². The molecule has 1 aliphatic heterocycles. The SMILES string of the molecule is COc1ccccc1[C@@H]1CN(CC(=O)Nc2ccc(NC(C)=O)cc2Cl)CCN1C(C)=O. The molecule has 1 saturated heterocycles. The molecule has 1 aliphatic rings. The normalized spacial score (nSPS) is 16.4. The standard InChI is InChI=1S/C23H27ClN4O4/c1-15(29)25-17-8-9-20(19(24)12-17)26-23(31)14-27-10-11-28(16(2)30)21(13-27)18-6-4-5-7-22(18)32-3/h4-9,12,21H,10-11,13-14H2,1-3H3,(H,25,29)(H,26,31)/t21-/m0/s1. The first-order chi connectivity index (χ1) is 15.3. The topological polar surface area (TPSA) is 91.0 Å². The number of hydrogen-bond donors (Lipinski definition) is 2. The highest BCUT2D eigenvalue weighted by atomic mass is 35.5. The molecular formula is C23H27ClN4O4. The Bertz CT molecular complexity index is 1010. The van der Waals surface area contributed by atoms with Gasteiger partial charge in [-0.2, -0.15) is 0 Å². The maximum atomic E-state index is 12.7. The predicted octanol–water partition coefficient (Wildman–Crippen LogP) is 3.15. The average Bonchev–Trinajstić information content (AvgIpc) is 2.75. The van der Waals surface area contributed by atoms with Gasteiger partial charge in [0.1, 0.15) is 5.75 Å². The number of hydrogen-bond acceptors (Lipinski definition) is 5. The van der Waals surface area contributed by atoms with Crippen LogP contribution in [0.5, 0.6) is 5.75 Å². The lowest BCUT2D eigenvalue weighted by molar-refractivity contribution is -0.134. The number of methoxy groups -OCH3 is 1. The van der Waals surface area contributed by atoms with Gasteiger partial charge in [0.15, 0.2) is 0 Å². The second-order valence-electron chi connectivity index (χ2n) is 7.63. The van der Waals surface area contributed by atoms with Crippen LogP contribution in [0, 0.1) is 0 Å². The Kier molecular flexibility index (Phi) is 7.71. The van der Waals surface area contributed by atoms with Gasteiger partial charge in [-0.05, 0) is 24.3 Å². The summed E-state index contributed by atoms with van der Waals surface area (Å²) in [6, 6.07) is 12.3. The van der Waals surface area contributed by atoms with Crippen LogP contribution in [0.2, 0.25) is 5.02 Å². The maximum absolute atomic E-state index is 12.7. The van der Waals surface area contributed by atoms with E-state index in [9.17, 15) is 14.4 Å². The summed E-state index contributed by atoms with van der Waals surface area (Å²) < 4.78 is 5.49. The van der Waals surface area contributed by atoms with Gasteiger partial charge in [-0.25, -0.2) is 0 Å². The van der Waals surface area contributed by atoms with E-state index in [0.717, 1.165) is 5.56 Å². The zero-order valence-electron chi connectivity index (χ0n) is 18.4. The van der Waals surface area contributed by atoms with Crippen molar-refractivity contribution in [1.82, 2.24) is 9.80 Å². The Morgan fingerprint density at radius 2 is 1.84 bits per heavy atom. The molecule has 0 saturated carbocycles. The van der Waals surface area contributed by atoms with Gasteiger partial charge in [0.25, 0.3) is 0 Å². The summed E-state index contributed by atoms with van der Waals surface area (Å²) in [5, 5.41) is 5.80. The molecule has 1 fully saturated rings. The quantitative estimate of drug-likeness (QED) is 0.694. The minimum absolute atomic E-state index is 0.0175. The van der Waals surface area contributed by atoms with Crippen LogP contribution in [0.1, 0.15) is 25.5 Å². The van der Waals surface area contributed by atoms with Crippen molar-refractivity contribution in [2.75, 3.05) is 43.9 Å². The summed E-state index contributed by atoms with van der Waals surface area (Å²) in [5.41, 5.74) is 1.93. The molecule has 8 nitrogen and oxygen atoms in total. The van der Waals surface area contributed by atoms with Crippen molar-refractivity contribution in [3.05, 3.63) is 53.1 Å². The molecule has 0 bridgehead atoms. The van der Waals surface area contributed by atoms with Gasteiger partial charge in [0.05, 0.1) is 30.4 Å². The van der Waals surface area contributed by atoms with Crippen molar-refractivity contribution in [3.63, 3.8) is 0 Å². The molecule has 170 valence electrons. The molecule has 0 spiro atoms. The minimum Gasteiger partial charge on any atom is -0.496 e. The van der Waals surface area contributed by atoms with Gasteiger partial charge in [-0.15, -0.1) is 0 Å². The Morgan fingerprint density at radius 1 is 1.09 bits per heavy atom. The van der Waals surface area contributed by atoms with E-state index in [0.29, 0.717) is 41.8 Å². The zero-order valence-corrected chi connectivity index (χ0v) is 19.1. The van der Waals surface area contributed by atoms with Gasteiger partial charge in [-0.3, -0.25) is 19.3 Å². The van der Waals surface area contributed by atoms with Crippen LogP contribution >= 0.6 is 11.6 Å². The van der Waals surface area contributed by atoms with Crippen LogP contribution in [0.4, 0.5) is 11.4 Å². The number of para-hydroxylation sites is 1. The fourth-order valence-corrected chi connectivity index (χ4v) is 4.09. The molecule has 0 radical (unpaired) electrons. The summed E-state index contributed by atoms with van der Waals surface area (Å²) in [6.45, 7) is 4.71. The molecule has 1 heterocycles. The first-order valence-electron chi connectivity index (χ1n) is 10.3. The number of ether oxygens (including phenoxy) is 1. The largest absolute Gasteiger partial charge is 0.496 e. The van der Waals surface area contributed by atoms with Gasteiger partial charge >= 0.3 is 0 Å². The Morgan fingerprint density at radius 3 is 2.50 bits per heavy atom.